The van der Waals surface area contributed by atoms with Crippen molar-refractivity contribution in [3.8, 4) is 0 Å². The summed E-state index contributed by atoms with van der Waals surface area (Å²) in [6.45, 7) is 0. The van der Waals surface area contributed by atoms with Crippen LogP contribution in [0.25, 0.3) is 0 Å². The van der Waals surface area contributed by atoms with Crippen LogP contribution in [0.4, 0.5) is 0 Å². The van der Waals surface area contributed by atoms with Crippen LogP contribution >= 0.6 is 11.3 Å². The first-order chi connectivity index (χ1) is 12.2. The maximum atomic E-state index is 13.0. The number of thiophene rings is 1. The van der Waals surface area contributed by atoms with Gasteiger partial charge in [-0.05, 0) is 36.4 Å². The highest BCUT2D eigenvalue weighted by molar-refractivity contribution is 7.12. The van der Waals surface area contributed by atoms with Gasteiger partial charge in [0.05, 0.1) is 16.1 Å². The van der Waals surface area contributed by atoms with Crippen molar-refractivity contribution in [1.29, 1.82) is 0 Å². The van der Waals surface area contributed by atoms with Crippen molar-refractivity contribution < 1.29 is 14.7 Å². The summed E-state index contributed by atoms with van der Waals surface area (Å²) in [5, 5.41) is 12.3. The predicted molar refractivity (Wildman–Crippen MR) is 94.4 cm³/mol. The van der Waals surface area contributed by atoms with Crippen LogP contribution in [-0.2, 0) is 4.79 Å². The molecule has 1 atom stereocenters. The molecule has 128 valence electrons. The average Bonchev–Trinajstić information content (AvgIpc) is 3.37. The van der Waals surface area contributed by atoms with E-state index in [1.807, 2.05) is 11.4 Å². The number of ketones is 1. The number of amides is 1. The van der Waals surface area contributed by atoms with Gasteiger partial charge in [0.15, 0.2) is 5.76 Å². The van der Waals surface area contributed by atoms with Gasteiger partial charge in [-0.2, -0.15) is 0 Å². The van der Waals surface area contributed by atoms with Crippen molar-refractivity contribution in [2.45, 2.75) is 37.8 Å². The Morgan fingerprint density at radius 3 is 2.64 bits per heavy atom. The van der Waals surface area contributed by atoms with E-state index in [4.69, 9.17) is 0 Å². The summed E-state index contributed by atoms with van der Waals surface area (Å²) in [7, 11) is 0. The second-order valence-corrected chi connectivity index (χ2v) is 7.32. The molecule has 2 aliphatic rings. The molecular weight excluding hydrogens is 336 g/mol. The third kappa shape index (κ3) is 2.66. The van der Waals surface area contributed by atoms with Gasteiger partial charge in [-0.3, -0.25) is 14.6 Å². The zero-order chi connectivity index (χ0) is 17.4. The van der Waals surface area contributed by atoms with Crippen LogP contribution in [0.2, 0.25) is 0 Å². The van der Waals surface area contributed by atoms with E-state index in [2.05, 4.69) is 4.98 Å². The standard InChI is InChI=1S/C19H18N2O3S/c22-17(14-9-5-11-25-14)15-16(13-8-3-4-10-20-13)21(19(24)18(15)23)12-6-1-2-7-12/h3-5,8-12,16,23H,1-2,6-7H2. The molecule has 0 aromatic carbocycles. The van der Waals surface area contributed by atoms with Crippen LogP contribution < -0.4 is 0 Å². The Balaban J connectivity index is 1.82. The predicted octanol–water partition coefficient (Wildman–Crippen LogP) is 3.66. The summed E-state index contributed by atoms with van der Waals surface area (Å²) < 4.78 is 0. The van der Waals surface area contributed by atoms with Crippen molar-refractivity contribution in [3.05, 3.63) is 63.8 Å². The minimum atomic E-state index is -0.619. The molecular formula is C19H18N2O3S. The fourth-order valence-electron chi connectivity index (χ4n) is 3.78. The van der Waals surface area contributed by atoms with Gasteiger partial charge >= 0.3 is 0 Å². The maximum Gasteiger partial charge on any atom is 0.290 e. The number of carbonyl (C=O) groups is 2. The van der Waals surface area contributed by atoms with Gasteiger partial charge in [0.2, 0.25) is 5.78 Å². The minimum Gasteiger partial charge on any atom is -0.503 e. The van der Waals surface area contributed by atoms with E-state index < -0.39 is 17.7 Å². The molecule has 2 aromatic rings. The SMILES string of the molecule is O=C(C1=C(O)C(=O)N(C2CCCC2)C1c1ccccn1)c1cccs1. The van der Waals surface area contributed by atoms with E-state index in [0.717, 1.165) is 25.7 Å². The van der Waals surface area contributed by atoms with Crippen LogP contribution in [0.1, 0.15) is 47.1 Å². The Kier molecular flexibility index (Phi) is 4.13. The summed E-state index contributed by atoms with van der Waals surface area (Å²) >= 11 is 1.31. The summed E-state index contributed by atoms with van der Waals surface area (Å²) in [4.78, 5) is 32.4. The normalized spacial score (nSPS) is 21.4. The van der Waals surface area contributed by atoms with Gasteiger partial charge in [0.1, 0.15) is 6.04 Å². The molecule has 1 fully saturated rings. The molecule has 1 aliphatic heterocycles. The number of rotatable bonds is 4. The molecule has 1 aliphatic carbocycles. The number of carbonyl (C=O) groups excluding carboxylic acids is 2. The highest BCUT2D eigenvalue weighted by Gasteiger charge is 2.47. The molecule has 5 nitrogen and oxygen atoms in total. The number of aliphatic hydroxyl groups excluding tert-OH is 1. The van der Waals surface area contributed by atoms with E-state index in [-0.39, 0.29) is 17.4 Å². The second-order valence-electron chi connectivity index (χ2n) is 6.38. The molecule has 1 unspecified atom stereocenters. The summed E-state index contributed by atoms with van der Waals surface area (Å²) in [5.74, 6) is -1.18. The lowest BCUT2D eigenvalue weighted by molar-refractivity contribution is -0.131. The molecule has 1 amide bonds. The molecule has 2 aromatic heterocycles. The third-order valence-electron chi connectivity index (χ3n) is 4.92. The number of aliphatic hydroxyl groups is 1. The van der Waals surface area contributed by atoms with Crippen molar-refractivity contribution in [2.24, 2.45) is 0 Å². The number of hydrogen-bond acceptors (Lipinski definition) is 5. The lowest BCUT2D eigenvalue weighted by Gasteiger charge is -2.31. The first kappa shape index (κ1) is 16.0. The fourth-order valence-corrected chi connectivity index (χ4v) is 4.46. The number of hydrogen-bond donors (Lipinski definition) is 1. The Morgan fingerprint density at radius 2 is 2.00 bits per heavy atom. The Labute approximate surface area is 149 Å². The summed E-state index contributed by atoms with van der Waals surface area (Å²) in [6, 6.07) is 8.36. The molecule has 3 heterocycles. The van der Waals surface area contributed by atoms with Gasteiger partial charge in [-0.25, -0.2) is 0 Å². The van der Waals surface area contributed by atoms with Crippen LogP contribution in [0.3, 0.4) is 0 Å². The number of nitrogens with zero attached hydrogens (tertiary/aromatic N) is 2. The van der Waals surface area contributed by atoms with Gasteiger partial charge in [0.25, 0.3) is 5.91 Å². The molecule has 0 spiro atoms. The van der Waals surface area contributed by atoms with Crippen LogP contribution in [0, 0.1) is 0 Å². The van der Waals surface area contributed by atoms with Gasteiger partial charge in [-0.1, -0.05) is 25.0 Å². The molecule has 4 rings (SSSR count). The van der Waals surface area contributed by atoms with E-state index in [9.17, 15) is 14.7 Å². The van der Waals surface area contributed by atoms with E-state index in [1.165, 1.54) is 11.3 Å². The number of aromatic nitrogens is 1. The molecule has 25 heavy (non-hydrogen) atoms. The van der Waals surface area contributed by atoms with Gasteiger partial charge in [-0.15, -0.1) is 11.3 Å². The monoisotopic (exact) mass is 354 g/mol. The first-order valence-electron chi connectivity index (χ1n) is 8.43. The van der Waals surface area contributed by atoms with Crippen LogP contribution in [-0.4, -0.2) is 32.7 Å². The van der Waals surface area contributed by atoms with Gasteiger partial charge < -0.3 is 10.0 Å². The quantitative estimate of drug-likeness (QED) is 0.851. The zero-order valence-corrected chi connectivity index (χ0v) is 14.4. The fraction of sp³-hybridized carbons (Fsp3) is 0.316. The summed E-state index contributed by atoms with van der Waals surface area (Å²) in [6.07, 6.45) is 5.54. The Morgan fingerprint density at radius 1 is 1.20 bits per heavy atom. The third-order valence-corrected chi connectivity index (χ3v) is 5.79. The summed E-state index contributed by atoms with van der Waals surface area (Å²) in [5.41, 5.74) is 0.768. The Bertz CT molecular complexity index is 824. The zero-order valence-electron chi connectivity index (χ0n) is 13.6. The highest BCUT2D eigenvalue weighted by Crippen LogP contribution is 2.42. The number of Topliss-reactive ketones (excluding diaryl/α,β-unsaturated/α-hetero) is 1. The topological polar surface area (TPSA) is 70.5 Å². The molecule has 0 radical (unpaired) electrons. The Hall–Kier alpha value is -2.47. The van der Waals surface area contributed by atoms with Crippen molar-refractivity contribution in [2.75, 3.05) is 0 Å². The van der Waals surface area contributed by atoms with Crippen LogP contribution in [0.15, 0.2) is 53.2 Å². The molecule has 6 heteroatoms. The van der Waals surface area contributed by atoms with Gasteiger partial charge in [0, 0.05) is 12.2 Å². The molecule has 1 N–H and O–H groups in total. The van der Waals surface area contributed by atoms with Crippen molar-refractivity contribution in [3.63, 3.8) is 0 Å². The van der Waals surface area contributed by atoms with E-state index in [0.29, 0.717) is 10.6 Å². The highest BCUT2D eigenvalue weighted by atomic mass is 32.1. The smallest absolute Gasteiger partial charge is 0.290 e. The largest absolute Gasteiger partial charge is 0.503 e. The van der Waals surface area contributed by atoms with Crippen LogP contribution in [0.5, 0.6) is 0 Å². The van der Waals surface area contributed by atoms with E-state index in [1.54, 1.807) is 35.4 Å². The van der Waals surface area contributed by atoms with Crippen molar-refractivity contribution >= 4 is 23.0 Å². The second kappa shape index (κ2) is 6.44. The lowest BCUT2D eigenvalue weighted by Crippen LogP contribution is -2.39. The maximum absolute atomic E-state index is 13.0. The molecule has 1 saturated carbocycles. The molecule has 0 bridgehead atoms. The average molecular weight is 354 g/mol. The van der Waals surface area contributed by atoms with Crippen molar-refractivity contribution in [1.82, 2.24) is 9.88 Å². The number of pyridine rings is 1. The van der Waals surface area contributed by atoms with E-state index >= 15 is 0 Å². The lowest BCUT2D eigenvalue weighted by atomic mass is 9.98. The first-order valence-corrected chi connectivity index (χ1v) is 9.31. The minimum absolute atomic E-state index is 0.0373. The molecule has 0 saturated heterocycles.